The zero-order valence-electron chi connectivity index (χ0n) is 11.2. The lowest BCUT2D eigenvalue weighted by Crippen LogP contribution is -1.79. The molecular weight excluding hydrogens is 446 g/mol. The van der Waals surface area contributed by atoms with Crippen LogP contribution in [0, 0.1) is 34.8 Å². The number of hydrogen-bond acceptors (Lipinski definition) is 0. The molecule has 0 saturated carbocycles. The van der Waals surface area contributed by atoms with Gasteiger partial charge in [0.25, 0.3) is 0 Å². The molecule has 0 atom stereocenters. The summed E-state index contributed by atoms with van der Waals surface area (Å²) in [5.74, 6) is 0. The predicted molar refractivity (Wildman–Crippen MR) is 97.3 cm³/mol. The highest BCUT2D eigenvalue weighted by molar-refractivity contribution is 14.1. The topological polar surface area (TPSA) is 0 Å². The van der Waals surface area contributed by atoms with Crippen LogP contribution in [0.15, 0.2) is 36.4 Å². The Balaban J connectivity index is 0.000000180. The number of benzene rings is 2. The molecule has 0 fully saturated rings. The highest BCUT2D eigenvalue weighted by Crippen LogP contribution is 2.12. The van der Waals surface area contributed by atoms with Crippen molar-refractivity contribution >= 4 is 45.2 Å². The lowest BCUT2D eigenvalue weighted by atomic mass is 10.2. The van der Waals surface area contributed by atoms with Gasteiger partial charge in [-0.25, -0.2) is 0 Å². The monoisotopic (exact) mass is 464 g/mol. The second-order valence-corrected chi connectivity index (χ2v) is 6.83. The maximum Gasteiger partial charge on any atom is 0.0159 e. The normalized spacial score (nSPS) is 9.67. The Morgan fingerprint density at radius 1 is 0.611 bits per heavy atom. The van der Waals surface area contributed by atoms with E-state index in [0.717, 1.165) is 0 Å². The minimum atomic E-state index is 1.34. The molecule has 2 aromatic rings. The average molecular weight is 464 g/mol. The Kier molecular flexibility index (Phi) is 6.63. The second kappa shape index (κ2) is 7.48. The Morgan fingerprint density at radius 2 is 0.944 bits per heavy atom. The van der Waals surface area contributed by atoms with Crippen LogP contribution in [0.25, 0.3) is 0 Å². The summed E-state index contributed by atoms with van der Waals surface area (Å²) in [6, 6.07) is 12.9. The smallest absolute Gasteiger partial charge is 0.0159 e. The molecule has 2 heteroatoms. The first-order valence-electron chi connectivity index (χ1n) is 5.85. The first kappa shape index (κ1) is 16.0. The summed E-state index contributed by atoms with van der Waals surface area (Å²) in [5.41, 5.74) is 5.42. The highest BCUT2D eigenvalue weighted by Gasteiger charge is 1.91. The molecule has 0 aliphatic heterocycles. The molecule has 18 heavy (non-hydrogen) atoms. The minimum absolute atomic E-state index is 1.34. The molecule has 0 amide bonds. The van der Waals surface area contributed by atoms with Crippen LogP contribution in [0.3, 0.4) is 0 Å². The molecule has 96 valence electrons. The largest absolute Gasteiger partial charge is 0.0583 e. The first-order chi connectivity index (χ1) is 8.40. The fourth-order valence-corrected chi connectivity index (χ4v) is 2.26. The van der Waals surface area contributed by atoms with Crippen LogP contribution >= 0.6 is 45.2 Å². The Morgan fingerprint density at radius 3 is 1.17 bits per heavy atom. The Hall–Kier alpha value is -0.100. The molecule has 0 spiro atoms. The van der Waals surface area contributed by atoms with Gasteiger partial charge in [0.05, 0.1) is 0 Å². The molecule has 0 nitrogen and oxygen atoms in total. The van der Waals surface area contributed by atoms with Gasteiger partial charge >= 0.3 is 0 Å². The van der Waals surface area contributed by atoms with Gasteiger partial charge in [-0.3, -0.25) is 0 Å². The molecule has 2 rings (SSSR count). The first-order valence-corrected chi connectivity index (χ1v) is 8.01. The predicted octanol–water partition coefficient (Wildman–Crippen LogP) is 5.82. The van der Waals surface area contributed by atoms with E-state index in [1.54, 1.807) is 0 Å². The van der Waals surface area contributed by atoms with Gasteiger partial charge in [-0.1, -0.05) is 35.4 Å². The third kappa shape index (κ3) is 5.26. The van der Waals surface area contributed by atoms with Gasteiger partial charge in [0.15, 0.2) is 0 Å². The summed E-state index contributed by atoms with van der Waals surface area (Å²) in [6.45, 7) is 8.50. The zero-order valence-corrected chi connectivity index (χ0v) is 15.5. The molecule has 0 radical (unpaired) electrons. The number of aryl methyl sites for hydroxylation is 4. The van der Waals surface area contributed by atoms with Crippen LogP contribution < -0.4 is 0 Å². The van der Waals surface area contributed by atoms with Crippen molar-refractivity contribution in [2.75, 3.05) is 0 Å². The van der Waals surface area contributed by atoms with Crippen molar-refractivity contribution in [3.05, 3.63) is 65.8 Å². The minimum Gasteiger partial charge on any atom is -0.0583 e. The summed E-state index contributed by atoms with van der Waals surface area (Å²) in [6.07, 6.45) is 0. The zero-order chi connectivity index (χ0) is 13.7. The van der Waals surface area contributed by atoms with Crippen molar-refractivity contribution in [3.8, 4) is 0 Å². The quantitative estimate of drug-likeness (QED) is 0.432. The molecule has 0 aliphatic carbocycles. The number of halogens is 2. The Bertz CT molecular complexity index is 481. The molecule has 2 aromatic carbocycles. The van der Waals surface area contributed by atoms with Gasteiger partial charge in [-0.15, -0.1) is 0 Å². The highest BCUT2D eigenvalue weighted by atomic mass is 127. The molecule has 0 saturated heterocycles. The lowest BCUT2D eigenvalue weighted by Gasteiger charge is -1.96. The summed E-state index contributed by atoms with van der Waals surface area (Å²) < 4.78 is 2.69. The van der Waals surface area contributed by atoms with Crippen LogP contribution in [-0.4, -0.2) is 0 Å². The van der Waals surface area contributed by atoms with Crippen LogP contribution in [0.2, 0.25) is 0 Å². The number of hydrogen-bond donors (Lipinski definition) is 0. The fraction of sp³-hybridized carbons (Fsp3) is 0.250. The summed E-state index contributed by atoms with van der Waals surface area (Å²) in [7, 11) is 0. The SMILES string of the molecule is Cc1ccc(I)c(C)c1.Cc1ccc(I)c(C)c1. The van der Waals surface area contributed by atoms with Gasteiger partial charge in [-0.05, 0) is 96.1 Å². The van der Waals surface area contributed by atoms with Crippen molar-refractivity contribution in [1.29, 1.82) is 0 Å². The van der Waals surface area contributed by atoms with Crippen molar-refractivity contribution < 1.29 is 0 Å². The molecule has 0 unspecified atom stereocenters. The lowest BCUT2D eigenvalue weighted by molar-refractivity contribution is 1.36. The van der Waals surface area contributed by atoms with Crippen molar-refractivity contribution in [2.24, 2.45) is 0 Å². The van der Waals surface area contributed by atoms with Crippen LogP contribution in [0.5, 0.6) is 0 Å². The second-order valence-electron chi connectivity index (χ2n) is 4.51. The van der Waals surface area contributed by atoms with E-state index in [9.17, 15) is 0 Å². The van der Waals surface area contributed by atoms with Crippen LogP contribution in [0.4, 0.5) is 0 Å². The van der Waals surface area contributed by atoms with Crippen molar-refractivity contribution in [2.45, 2.75) is 27.7 Å². The Labute approximate surface area is 137 Å². The molecule has 0 bridgehead atoms. The standard InChI is InChI=1S/2C8H9I/c2*1-6-3-4-8(9)7(2)5-6/h2*3-5H,1-2H3. The fourth-order valence-electron chi connectivity index (χ4n) is 1.59. The van der Waals surface area contributed by atoms with E-state index in [-0.39, 0.29) is 0 Å². The van der Waals surface area contributed by atoms with Gasteiger partial charge < -0.3 is 0 Å². The third-order valence-electron chi connectivity index (χ3n) is 2.63. The van der Waals surface area contributed by atoms with E-state index in [0.29, 0.717) is 0 Å². The van der Waals surface area contributed by atoms with Crippen molar-refractivity contribution in [3.63, 3.8) is 0 Å². The summed E-state index contributed by atoms with van der Waals surface area (Å²) in [5, 5.41) is 0. The van der Waals surface area contributed by atoms with Gasteiger partial charge in [0.1, 0.15) is 0 Å². The van der Waals surface area contributed by atoms with E-state index in [1.165, 1.54) is 29.4 Å². The number of rotatable bonds is 0. The van der Waals surface area contributed by atoms with Gasteiger partial charge in [0, 0.05) is 7.14 Å². The van der Waals surface area contributed by atoms with E-state index in [2.05, 4.69) is 109 Å². The summed E-state index contributed by atoms with van der Waals surface area (Å²) in [4.78, 5) is 0. The van der Waals surface area contributed by atoms with Crippen molar-refractivity contribution in [1.82, 2.24) is 0 Å². The van der Waals surface area contributed by atoms with E-state index in [1.807, 2.05) is 0 Å². The van der Waals surface area contributed by atoms with Gasteiger partial charge in [0.2, 0.25) is 0 Å². The van der Waals surface area contributed by atoms with E-state index >= 15 is 0 Å². The maximum absolute atomic E-state index is 2.34. The molecule has 0 aromatic heterocycles. The molecule has 0 aliphatic rings. The summed E-state index contributed by atoms with van der Waals surface area (Å²) >= 11 is 4.68. The van der Waals surface area contributed by atoms with E-state index in [4.69, 9.17) is 0 Å². The average Bonchev–Trinajstić information content (AvgIpc) is 2.30. The van der Waals surface area contributed by atoms with Crippen LogP contribution in [-0.2, 0) is 0 Å². The molecule has 0 N–H and O–H groups in total. The molecule has 0 heterocycles. The third-order valence-corrected chi connectivity index (χ3v) is 5.05. The van der Waals surface area contributed by atoms with Gasteiger partial charge in [-0.2, -0.15) is 0 Å². The van der Waals surface area contributed by atoms with E-state index < -0.39 is 0 Å². The van der Waals surface area contributed by atoms with Crippen LogP contribution in [0.1, 0.15) is 22.3 Å². The maximum atomic E-state index is 2.34. The molecular formula is C16H18I2.